The minimum Gasteiger partial charge on any atom is -0.306 e. The molecular formula is C13H26BrN. The molecule has 2 heteroatoms. The molecule has 90 valence electrons. The molecule has 2 atom stereocenters. The molecule has 15 heavy (non-hydrogen) atoms. The minimum atomic E-state index is 0.493. The monoisotopic (exact) mass is 275 g/mol. The van der Waals surface area contributed by atoms with Gasteiger partial charge in [0.1, 0.15) is 0 Å². The normalized spacial score (nSPS) is 26.0. The largest absolute Gasteiger partial charge is 0.306 e. The van der Waals surface area contributed by atoms with Gasteiger partial charge in [0.15, 0.2) is 0 Å². The molecule has 0 bridgehead atoms. The highest BCUT2D eigenvalue weighted by atomic mass is 79.9. The van der Waals surface area contributed by atoms with Gasteiger partial charge in [0.2, 0.25) is 0 Å². The highest BCUT2D eigenvalue weighted by molar-refractivity contribution is 9.09. The van der Waals surface area contributed by atoms with Gasteiger partial charge in [-0.1, -0.05) is 36.7 Å². The molecule has 0 radical (unpaired) electrons. The Balaban J connectivity index is 2.36. The van der Waals surface area contributed by atoms with Crippen molar-refractivity contribution in [3.63, 3.8) is 0 Å². The zero-order valence-corrected chi connectivity index (χ0v) is 12.3. The highest BCUT2D eigenvalue weighted by Crippen LogP contribution is 2.39. The molecule has 1 aliphatic carbocycles. The van der Waals surface area contributed by atoms with Gasteiger partial charge in [-0.3, -0.25) is 0 Å². The van der Waals surface area contributed by atoms with Crippen LogP contribution in [0.15, 0.2) is 0 Å². The lowest BCUT2D eigenvalue weighted by atomic mass is 9.84. The molecule has 1 aliphatic rings. The van der Waals surface area contributed by atoms with Crippen molar-refractivity contribution in [2.45, 2.75) is 40.0 Å². The molecular weight excluding hydrogens is 250 g/mol. The first-order valence-electron chi connectivity index (χ1n) is 6.31. The van der Waals surface area contributed by atoms with E-state index in [-0.39, 0.29) is 0 Å². The van der Waals surface area contributed by atoms with Gasteiger partial charge in [0, 0.05) is 18.4 Å². The third kappa shape index (κ3) is 3.74. The predicted octanol–water partition coefficient (Wildman–Crippen LogP) is 3.78. The first kappa shape index (κ1) is 13.5. The molecule has 0 aromatic rings. The summed E-state index contributed by atoms with van der Waals surface area (Å²) >= 11 is 3.69. The molecule has 1 saturated carbocycles. The van der Waals surface area contributed by atoms with Crippen LogP contribution in [0.5, 0.6) is 0 Å². The second kappa shape index (κ2) is 5.67. The van der Waals surface area contributed by atoms with E-state index in [2.05, 4.69) is 48.6 Å². The van der Waals surface area contributed by atoms with E-state index in [1.165, 1.54) is 32.4 Å². The van der Waals surface area contributed by atoms with E-state index in [0.717, 1.165) is 17.2 Å². The van der Waals surface area contributed by atoms with Crippen molar-refractivity contribution in [3.05, 3.63) is 0 Å². The van der Waals surface area contributed by atoms with Crippen LogP contribution >= 0.6 is 15.9 Å². The van der Waals surface area contributed by atoms with E-state index < -0.39 is 0 Å². The SMILES string of the molecule is CCC(CC)(CBr)CN(C)CC1CC1C. The molecule has 0 spiro atoms. The maximum absolute atomic E-state index is 3.69. The predicted molar refractivity (Wildman–Crippen MR) is 71.6 cm³/mol. The van der Waals surface area contributed by atoms with Crippen LogP contribution in [-0.2, 0) is 0 Å². The summed E-state index contributed by atoms with van der Waals surface area (Å²) in [5.41, 5.74) is 0.493. The lowest BCUT2D eigenvalue weighted by Gasteiger charge is -2.34. The summed E-state index contributed by atoms with van der Waals surface area (Å²) in [6.07, 6.45) is 4.00. The lowest BCUT2D eigenvalue weighted by molar-refractivity contribution is 0.179. The summed E-state index contributed by atoms with van der Waals surface area (Å²) in [5, 5.41) is 1.14. The number of hydrogen-bond donors (Lipinski definition) is 0. The Morgan fingerprint density at radius 3 is 2.20 bits per heavy atom. The van der Waals surface area contributed by atoms with Gasteiger partial charge in [0.25, 0.3) is 0 Å². The van der Waals surface area contributed by atoms with Crippen molar-refractivity contribution in [1.29, 1.82) is 0 Å². The van der Waals surface area contributed by atoms with Crippen molar-refractivity contribution >= 4 is 15.9 Å². The van der Waals surface area contributed by atoms with Gasteiger partial charge in [0.05, 0.1) is 0 Å². The van der Waals surface area contributed by atoms with Gasteiger partial charge >= 0.3 is 0 Å². The van der Waals surface area contributed by atoms with E-state index in [1.807, 2.05) is 0 Å². The Bertz CT molecular complexity index is 181. The van der Waals surface area contributed by atoms with Crippen molar-refractivity contribution in [2.24, 2.45) is 17.3 Å². The first-order valence-corrected chi connectivity index (χ1v) is 7.43. The smallest absolute Gasteiger partial charge is 0.01000 e. The third-order valence-corrected chi connectivity index (χ3v) is 5.40. The summed E-state index contributed by atoms with van der Waals surface area (Å²) in [4.78, 5) is 2.54. The Morgan fingerprint density at radius 2 is 1.87 bits per heavy atom. The molecule has 0 aromatic heterocycles. The van der Waals surface area contributed by atoms with Crippen LogP contribution in [0.2, 0.25) is 0 Å². The molecule has 0 aromatic carbocycles. The fourth-order valence-electron chi connectivity index (χ4n) is 2.40. The minimum absolute atomic E-state index is 0.493. The maximum Gasteiger partial charge on any atom is 0.01000 e. The fourth-order valence-corrected chi connectivity index (χ4v) is 3.37. The van der Waals surface area contributed by atoms with Crippen molar-refractivity contribution in [2.75, 3.05) is 25.5 Å². The lowest BCUT2D eigenvalue weighted by Crippen LogP contribution is -2.37. The van der Waals surface area contributed by atoms with Crippen molar-refractivity contribution in [1.82, 2.24) is 4.90 Å². The molecule has 1 rings (SSSR count). The van der Waals surface area contributed by atoms with Gasteiger partial charge < -0.3 is 4.90 Å². The van der Waals surface area contributed by atoms with E-state index in [0.29, 0.717) is 5.41 Å². The Labute approximate surface area is 104 Å². The van der Waals surface area contributed by atoms with E-state index in [4.69, 9.17) is 0 Å². The molecule has 2 unspecified atom stereocenters. The van der Waals surface area contributed by atoms with Crippen LogP contribution in [0, 0.1) is 17.3 Å². The zero-order valence-electron chi connectivity index (χ0n) is 10.7. The van der Waals surface area contributed by atoms with E-state index >= 15 is 0 Å². The molecule has 0 N–H and O–H groups in total. The first-order chi connectivity index (χ1) is 7.06. The second-order valence-electron chi connectivity index (χ2n) is 5.51. The quantitative estimate of drug-likeness (QED) is 0.640. The number of alkyl halides is 1. The van der Waals surface area contributed by atoms with E-state index in [9.17, 15) is 0 Å². The van der Waals surface area contributed by atoms with Crippen LogP contribution in [0.4, 0.5) is 0 Å². The molecule has 1 nitrogen and oxygen atoms in total. The summed E-state index contributed by atoms with van der Waals surface area (Å²) < 4.78 is 0. The summed E-state index contributed by atoms with van der Waals surface area (Å²) in [5.74, 6) is 1.96. The van der Waals surface area contributed by atoms with Crippen LogP contribution in [-0.4, -0.2) is 30.4 Å². The van der Waals surface area contributed by atoms with Crippen LogP contribution in [0.3, 0.4) is 0 Å². The van der Waals surface area contributed by atoms with Gasteiger partial charge in [-0.2, -0.15) is 0 Å². The molecule has 1 fully saturated rings. The van der Waals surface area contributed by atoms with Crippen molar-refractivity contribution < 1.29 is 0 Å². The third-order valence-electron chi connectivity index (χ3n) is 4.21. The molecule has 0 aliphatic heterocycles. The topological polar surface area (TPSA) is 3.24 Å². The average molecular weight is 276 g/mol. The Hall–Kier alpha value is 0.440. The summed E-state index contributed by atoms with van der Waals surface area (Å²) in [6.45, 7) is 9.55. The number of hydrogen-bond acceptors (Lipinski definition) is 1. The summed E-state index contributed by atoms with van der Waals surface area (Å²) in [6, 6.07) is 0. The van der Waals surface area contributed by atoms with E-state index in [1.54, 1.807) is 0 Å². The van der Waals surface area contributed by atoms with Gasteiger partial charge in [-0.05, 0) is 43.6 Å². The Morgan fingerprint density at radius 1 is 1.33 bits per heavy atom. The van der Waals surface area contributed by atoms with Gasteiger partial charge in [-0.15, -0.1) is 0 Å². The average Bonchev–Trinajstić information content (AvgIpc) is 2.91. The summed E-state index contributed by atoms with van der Waals surface area (Å²) in [7, 11) is 2.29. The second-order valence-corrected chi connectivity index (χ2v) is 6.07. The fraction of sp³-hybridized carbons (Fsp3) is 1.00. The molecule has 0 saturated heterocycles. The Kier molecular flexibility index (Phi) is 5.11. The number of rotatable bonds is 7. The highest BCUT2D eigenvalue weighted by Gasteiger charge is 2.35. The van der Waals surface area contributed by atoms with Gasteiger partial charge in [-0.25, -0.2) is 0 Å². The molecule has 0 heterocycles. The standard InChI is InChI=1S/C13H26BrN/c1-5-13(6-2,9-14)10-15(4)8-12-7-11(12)3/h11-12H,5-10H2,1-4H3. The number of halogens is 1. The van der Waals surface area contributed by atoms with Crippen molar-refractivity contribution in [3.8, 4) is 0 Å². The number of nitrogens with zero attached hydrogens (tertiary/aromatic N) is 1. The van der Waals surface area contributed by atoms with Crippen LogP contribution in [0.25, 0.3) is 0 Å². The van der Waals surface area contributed by atoms with Crippen LogP contribution < -0.4 is 0 Å². The molecule has 0 amide bonds. The van der Waals surface area contributed by atoms with Crippen LogP contribution in [0.1, 0.15) is 40.0 Å². The maximum atomic E-state index is 3.69. The zero-order chi connectivity index (χ0) is 11.5.